The van der Waals surface area contributed by atoms with E-state index in [-0.39, 0.29) is 45.8 Å². The molecule has 4 aliphatic carbocycles. The summed E-state index contributed by atoms with van der Waals surface area (Å²) >= 11 is 0. The zero-order chi connectivity index (χ0) is 24.5. The van der Waals surface area contributed by atoms with Gasteiger partial charge in [0, 0.05) is 34.8 Å². The van der Waals surface area contributed by atoms with E-state index < -0.39 is 0 Å². The van der Waals surface area contributed by atoms with Gasteiger partial charge in [-0.3, -0.25) is 9.59 Å². The van der Waals surface area contributed by atoms with E-state index in [9.17, 15) is 14.7 Å². The standard InChI is InChI=1S/C30H46O3/c1-17(2)18(3)9-10-19(4)21-11-14-29(7)27-24(32)15-22-20(5)23(31)12-13-28(22,6)26(27)25(33)16-30(21,29)8/h17,19-23,31H,3,9-16H2,1-2,4-8H3. The van der Waals surface area contributed by atoms with Gasteiger partial charge in [-0.1, -0.05) is 60.6 Å². The Balaban J connectivity index is 1.71. The number of hydrogen-bond donors (Lipinski definition) is 1. The summed E-state index contributed by atoms with van der Waals surface area (Å²) in [5, 5.41) is 10.5. The third kappa shape index (κ3) is 3.46. The number of aliphatic hydroxyl groups excluding tert-OH is 1. The van der Waals surface area contributed by atoms with Crippen molar-refractivity contribution in [3.8, 4) is 0 Å². The summed E-state index contributed by atoms with van der Waals surface area (Å²) in [6, 6.07) is 0. The number of Topliss-reactive ketones (excluding diaryl/α,β-unsaturated/α-hetero) is 2. The van der Waals surface area contributed by atoms with Crippen LogP contribution in [0, 0.1) is 45.8 Å². The lowest BCUT2D eigenvalue weighted by Crippen LogP contribution is -2.56. The fraction of sp³-hybridized carbons (Fsp3) is 0.800. The number of carbonyl (C=O) groups is 2. The minimum Gasteiger partial charge on any atom is -0.393 e. The van der Waals surface area contributed by atoms with Crippen molar-refractivity contribution in [2.45, 2.75) is 106 Å². The summed E-state index contributed by atoms with van der Waals surface area (Å²) < 4.78 is 0. The summed E-state index contributed by atoms with van der Waals surface area (Å²) in [4.78, 5) is 27.7. The monoisotopic (exact) mass is 454 g/mol. The van der Waals surface area contributed by atoms with E-state index in [0.717, 1.165) is 49.7 Å². The third-order valence-electron chi connectivity index (χ3n) is 11.3. The van der Waals surface area contributed by atoms with Gasteiger partial charge in [-0.15, -0.1) is 0 Å². The molecule has 0 radical (unpaired) electrons. The number of ketones is 2. The number of allylic oxidation sites excluding steroid dienone is 3. The van der Waals surface area contributed by atoms with Crippen LogP contribution in [0.15, 0.2) is 23.3 Å². The van der Waals surface area contributed by atoms with Crippen LogP contribution in [0.25, 0.3) is 0 Å². The Morgan fingerprint density at radius 3 is 2.36 bits per heavy atom. The number of rotatable bonds is 5. The van der Waals surface area contributed by atoms with Crippen molar-refractivity contribution in [3.05, 3.63) is 23.3 Å². The van der Waals surface area contributed by atoms with Crippen molar-refractivity contribution in [2.75, 3.05) is 0 Å². The molecule has 184 valence electrons. The van der Waals surface area contributed by atoms with Crippen LogP contribution in [0.2, 0.25) is 0 Å². The molecule has 3 heteroatoms. The first kappa shape index (κ1) is 24.9. The molecule has 3 nitrogen and oxygen atoms in total. The van der Waals surface area contributed by atoms with Crippen LogP contribution in [0.4, 0.5) is 0 Å². The molecule has 0 amide bonds. The summed E-state index contributed by atoms with van der Waals surface area (Å²) in [5.74, 6) is 2.01. The van der Waals surface area contributed by atoms with E-state index in [1.807, 2.05) is 0 Å². The van der Waals surface area contributed by atoms with Crippen LogP contribution < -0.4 is 0 Å². The SMILES string of the molecule is C=C(CCC(C)C1CCC2(C)C3=C(C(=O)CC12C)C1(C)CCC(O)C(C)C1CC3=O)C(C)C. The van der Waals surface area contributed by atoms with Gasteiger partial charge in [-0.05, 0) is 73.5 Å². The van der Waals surface area contributed by atoms with Gasteiger partial charge >= 0.3 is 0 Å². The molecule has 0 aromatic rings. The predicted octanol–water partition coefficient (Wildman–Crippen LogP) is 6.69. The second kappa shape index (κ2) is 8.18. The minimum atomic E-state index is -0.366. The van der Waals surface area contributed by atoms with Crippen LogP contribution in [0.5, 0.6) is 0 Å². The van der Waals surface area contributed by atoms with Gasteiger partial charge in [0.05, 0.1) is 6.10 Å². The fourth-order valence-electron chi connectivity index (χ4n) is 8.67. The van der Waals surface area contributed by atoms with Gasteiger partial charge in [0.2, 0.25) is 0 Å². The molecular formula is C30H46O3. The molecule has 2 saturated carbocycles. The van der Waals surface area contributed by atoms with Crippen molar-refractivity contribution in [1.29, 1.82) is 0 Å². The van der Waals surface area contributed by atoms with E-state index in [2.05, 4.69) is 55.0 Å². The molecule has 33 heavy (non-hydrogen) atoms. The summed E-state index contributed by atoms with van der Waals surface area (Å²) in [5.41, 5.74) is 2.40. The van der Waals surface area contributed by atoms with Crippen molar-refractivity contribution in [3.63, 3.8) is 0 Å². The molecule has 0 spiro atoms. The Kier molecular flexibility index (Phi) is 6.17. The van der Waals surface area contributed by atoms with Crippen molar-refractivity contribution < 1.29 is 14.7 Å². The second-order valence-corrected chi connectivity index (χ2v) is 13.2. The Labute approximate surface area is 201 Å². The molecule has 4 aliphatic rings. The summed E-state index contributed by atoms with van der Waals surface area (Å²) in [6.07, 6.45) is 6.46. The lowest BCUT2D eigenvalue weighted by Gasteiger charge is -2.58. The first-order valence-electron chi connectivity index (χ1n) is 13.4. The highest BCUT2D eigenvalue weighted by atomic mass is 16.3. The van der Waals surface area contributed by atoms with E-state index in [1.165, 1.54) is 5.57 Å². The van der Waals surface area contributed by atoms with Crippen LogP contribution in [0.1, 0.15) is 99.8 Å². The Bertz CT molecular complexity index is 896. The number of carbonyl (C=O) groups excluding carboxylic acids is 2. The average molecular weight is 455 g/mol. The van der Waals surface area contributed by atoms with Crippen molar-refractivity contribution in [1.82, 2.24) is 0 Å². The van der Waals surface area contributed by atoms with E-state index in [0.29, 0.717) is 30.6 Å². The van der Waals surface area contributed by atoms with E-state index in [1.54, 1.807) is 0 Å². The molecule has 0 aromatic carbocycles. The van der Waals surface area contributed by atoms with Crippen LogP contribution in [0.3, 0.4) is 0 Å². The molecule has 0 aliphatic heterocycles. The molecule has 1 N–H and O–H groups in total. The number of hydrogen-bond acceptors (Lipinski definition) is 3. The maximum atomic E-state index is 13.9. The smallest absolute Gasteiger partial charge is 0.160 e. The molecule has 8 atom stereocenters. The van der Waals surface area contributed by atoms with Crippen LogP contribution >= 0.6 is 0 Å². The zero-order valence-electron chi connectivity index (χ0n) is 22.1. The summed E-state index contributed by atoms with van der Waals surface area (Å²) in [7, 11) is 0. The second-order valence-electron chi connectivity index (χ2n) is 13.2. The Hall–Kier alpha value is -1.22. The number of fused-ring (bicyclic) bond motifs is 4. The maximum absolute atomic E-state index is 13.9. The number of aliphatic hydroxyl groups is 1. The first-order valence-corrected chi connectivity index (χ1v) is 13.4. The molecule has 0 aromatic heterocycles. The highest BCUT2D eigenvalue weighted by Crippen LogP contribution is 2.70. The van der Waals surface area contributed by atoms with Gasteiger partial charge in [0.25, 0.3) is 0 Å². The van der Waals surface area contributed by atoms with Gasteiger partial charge in [-0.2, -0.15) is 0 Å². The van der Waals surface area contributed by atoms with Gasteiger partial charge in [0.1, 0.15) is 0 Å². The largest absolute Gasteiger partial charge is 0.393 e. The van der Waals surface area contributed by atoms with E-state index in [4.69, 9.17) is 0 Å². The minimum absolute atomic E-state index is 0.0565. The van der Waals surface area contributed by atoms with Crippen LogP contribution in [-0.2, 0) is 9.59 Å². The average Bonchev–Trinajstić information content (AvgIpc) is 3.01. The van der Waals surface area contributed by atoms with Crippen molar-refractivity contribution in [2.24, 2.45) is 45.8 Å². The lowest BCUT2D eigenvalue weighted by atomic mass is 9.44. The molecule has 2 fully saturated rings. The third-order valence-corrected chi connectivity index (χ3v) is 11.3. The maximum Gasteiger partial charge on any atom is 0.160 e. The predicted molar refractivity (Wildman–Crippen MR) is 134 cm³/mol. The highest BCUT2D eigenvalue weighted by molar-refractivity contribution is 6.11. The molecule has 0 saturated heterocycles. The normalized spacial score (nSPS) is 43.9. The Morgan fingerprint density at radius 1 is 1.06 bits per heavy atom. The van der Waals surface area contributed by atoms with Gasteiger partial charge in [-0.25, -0.2) is 0 Å². The van der Waals surface area contributed by atoms with Gasteiger partial charge in [0.15, 0.2) is 11.6 Å². The summed E-state index contributed by atoms with van der Waals surface area (Å²) in [6.45, 7) is 20.0. The zero-order valence-corrected chi connectivity index (χ0v) is 22.1. The fourth-order valence-corrected chi connectivity index (χ4v) is 8.67. The first-order chi connectivity index (χ1) is 15.3. The van der Waals surface area contributed by atoms with Crippen LogP contribution in [-0.4, -0.2) is 22.8 Å². The molecule has 0 bridgehead atoms. The lowest BCUT2D eigenvalue weighted by molar-refractivity contribution is -0.135. The highest BCUT2D eigenvalue weighted by Gasteiger charge is 2.66. The molecule has 8 unspecified atom stereocenters. The topological polar surface area (TPSA) is 54.4 Å². The quantitative estimate of drug-likeness (QED) is 0.471. The molecule has 0 heterocycles. The van der Waals surface area contributed by atoms with Crippen molar-refractivity contribution >= 4 is 11.6 Å². The molecule has 4 rings (SSSR count). The van der Waals surface area contributed by atoms with E-state index >= 15 is 0 Å². The van der Waals surface area contributed by atoms with Gasteiger partial charge < -0.3 is 5.11 Å². The molecular weight excluding hydrogens is 408 g/mol. The Morgan fingerprint density at radius 2 is 1.73 bits per heavy atom.